The second kappa shape index (κ2) is 27.9. The van der Waals surface area contributed by atoms with E-state index in [0.717, 1.165) is 37.6 Å². The van der Waals surface area contributed by atoms with E-state index in [1.54, 1.807) is 7.11 Å². The summed E-state index contributed by atoms with van der Waals surface area (Å²) in [5, 5.41) is 1.28. The molecule has 0 rings (SSSR count). The summed E-state index contributed by atoms with van der Waals surface area (Å²) in [4.78, 5) is 35.2. The Hall–Kier alpha value is -1.18. The molecule has 0 aromatic rings. The predicted octanol–water partition coefficient (Wildman–Crippen LogP) is 5.79. The Kier molecular flexibility index (Phi) is 28.7. The van der Waals surface area contributed by atoms with Gasteiger partial charge in [0.1, 0.15) is 6.29 Å². The van der Waals surface area contributed by atoms with Crippen LogP contribution in [0.1, 0.15) is 90.9 Å². The molecule has 0 radical (unpaired) electrons. The third kappa shape index (κ3) is 26.9. The number of methoxy groups -OCH3 is 1. The summed E-state index contributed by atoms with van der Waals surface area (Å²) in [6.07, 6.45) is 15.5. The maximum Gasteiger partial charge on any atom is 0.320 e. The zero-order valence-electron chi connectivity index (χ0n) is 20.8. The summed E-state index contributed by atoms with van der Waals surface area (Å²) in [5.74, 6) is -0.396. The topological polar surface area (TPSA) is 72.9 Å². The number of hydrogen-bond acceptors (Lipinski definition) is 7. The van der Waals surface area contributed by atoms with Gasteiger partial charge in [0.15, 0.2) is 0 Å². The van der Waals surface area contributed by atoms with Crippen molar-refractivity contribution in [2.24, 2.45) is 0 Å². The maximum atomic E-state index is 11.7. The van der Waals surface area contributed by atoms with Crippen molar-refractivity contribution < 1.29 is 23.9 Å². The number of hydrogen-bond donors (Lipinski definition) is 0. The van der Waals surface area contributed by atoms with Crippen molar-refractivity contribution in [2.45, 2.75) is 90.9 Å². The van der Waals surface area contributed by atoms with Crippen LogP contribution in [0.15, 0.2) is 12.0 Å². The Labute approximate surface area is 200 Å². The number of unbranched alkanes of at least 4 members (excludes halogenated alkanes) is 10. The Bertz CT molecular complexity index is 452. The first-order valence-electron chi connectivity index (χ1n) is 12.2. The molecule has 0 aliphatic heterocycles. The standard InChI is InChI=1S/C16H27NO4S.C9H20O/c1-3-5-6-7-8-9-12-21-15(19)13-17(10-11-18)14-16(20)22-4-2;1-3-4-5-6-7-8-9-10-2/h4,11H,2-3,5-10,12-14H2,1H3;3-9H2,1-2H3. The normalized spacial score (nSPS) is 10.4. The number of carbonyl (C=O) groups is 3. The first-order chi connectivity index (χ1) is 15.5. The molecule has 0 aliphatic carbocycles. The van der Waals surface area contributed by atoms with Crippen molar-refractivity contribution >= 4 is 29.1 Å². The van der Waals surface area contributed by atoms with Crippen molar-refractivity contribution in [3.63, 3.8) is 0 Å². The summed E-state index contributed by atoms with van der Waals surface area (Å²) < 4.78 is 10.1. The monoisotopic (exact) mass is 473 g/mol. The Morgan fingerprint density at radius 1 is 0.844 bits per heavy atom. The van der Waals surface area contributed by atoms with E-state index < -0.39 is 5.97 Å². The van der Waals surface area contributed by atoms with Crippen LogP contribution in [0, 0.1) is 0 Å². The van der Waals surface area contributed by atoms with E-state index >= 15 is 0 Å². The highest BCUT2D eigenvalue weighted by atomic mass is 32.2. The second-order valence-corrected chi connectivity index (χ2v) is 8.77. The predicted molar refractivity (Wildman–Crippen MR) is 135 cm³/mol. The average molecular weight is 474 g/mol. The van der Waals surface area contributed by atoms with Gasteiger partial charge in [-0.2, -0.15) is 0 Å². The molecule has 0 N–H and O–H groups in total. The molecule has 0 spiro atoms. The van der Waals surface area contributed by atoms with Gasteiger partial charge in [-0.1, -0.05) is 96.4 Å². The molecule has 0 fully saturated rings. The fraction of sp³-hybridized carbons (Fsp3) is 0.800. The smallest absolute Gasteiger partial charge is 0.320 e. The average Bonchev–Trinajstić information content (AvgIpc) is 2.76. The molecular weight excluding hydrogens is 426 g/mol. The van der Waals surface area contributed by atoms with E-state index in [1.807, 2.05) is 0 Å². The summed E-state index contributed by atoms with van der Waals surface area (Å²) in [5.41, 5.74) is 0. The van der Waals surface area contributed by atoms with Crippen LogP contribution < -0.4 is 0 Å². The number of esters is 1. The van der Waals surface area contributed by atoms with Crippen LogP contribution in [0.5, 0.6) is 0 Å². The molecule has 0 atom stereocenters. The molecule has 6 nitrogen and oxygen atoms in total. The molecule has 0 aliphatic rings. The minimum Gasteiger partial charge on any atom is -0.465 e. The fourth-order valence-corrected chi connectivity index (χ4v) is 3.37. The SMILES string of the molecule is C=CSC(=O)CN(CC=O)CC(=O)OCCCCCCCC.CCCCCCCCOC. The summed E-state index contributed by atoms with van der Waals surface area (Å²) in [7, 11) is 1.77. The molecule has 32 heavy (non-hydrogen) atoms. The lowest BCUT2D eigenvalue weighted by atomic mass is 10.1. The van der Waals surface area contributed by atoms with Gasteiger partial charge in [-0.05, 0) is 18.2 Å². The molecule has 0 amide bonds. The molecule has 0 saturated heterocycles. The van der Waals surface area contributed by atoms with E-state index in [-0.39, 0.29) is 24.7 Å². The van der Waals surface area contributed by atoms with Crippen LogP contribution in [0.25, 0.3) is 0 Å². The molecule has 0 saturated carbocycles. The minimum absolute atomic E-state index is 0.0293. The van der Waals surface area contributed by atoms with Crippen LogP contribution in [0.4, 0.5) is 0 Å². The van der Waals surface area contributed by atoms with Gasteiger partial charge in [-0.3, -0.25) is 14.5 Å². The van der Waals surface area contributed by atoms with Crippen molar-refractivity contribution in [3.8, 4) is 0 Å². The number of rotatable bonds is 21. The third-order valence-corrected chi connectivity index (χ3v) is 5.27. The largest absolute Gasteiger partial charge is 0.465 e. The van der Waals surface area contributed by atoms with Crippen LogP contribution in [-0.2, 0) is 23.9 Å². The molecule has 7 heteroatoms. The highest BCUT2D eigenvalue weighted by Crippen LogP contribution is 2.06. The zero-order chi connectivity index (χ0) is 24.3. The Balaban J connectivity index is 0. The number of aldehydes is 1. The molecular formula is C25H47NO5S. The first kappa shape index (κ1) is 33.0. The first-order valence-corrected chi connectivity index (χ1v) is 13.0. The number of thioether (sulfide) groups is 1. The molecule has 0 heterocycles. The zero-order valence-corrected chi connectivity index (χ0v) is 21.6. The van der Waals surface area contributed by atoms with Gasteiger partial charge in [0, 0.05) is 13.7 Å². The molecule has 0 bridgehead atoms. The van der Waals surface area contributed by atoms with Gasteiger partial charge < -0.3 is 14.3 Å². The van der Waals surface area contributed by atoms with Gasteiger partial charge in [0.2, 0.25) is 5.12 Å². The summed E-state index contributed by atoms with van der Waals surface area (Å²) >= 11 is 0.959. The van der Waals surface area contributed by atoms with Crippen molar-refractivity contribution in [2.75, 3.05) is 40.0 Å². The third-order valence-electron chi connectivity index (χ3n) is 4.72. The fourth-order valence-electron chi connectivity index (χ4n) is 2.93. The van der Waals surface area contributed by atoms with Gasteiger partial charge in [-0.15, -0.1) is 0 Å². The van der Waals surface area contributed by atoms with E-state index in [4.69, 9.17) is 9.47 Å². The van der Waals surface area contributed by atoms with Crippen LogP contribution in [0.3, 0.4) is 0 Å². The Morgan fingerprint density at radius 3 is 1.88 bits per heavy atom. The lowest BCUT2D eigenvalue weighted by Crippen LogP contribution is -2.36. The molecule has 0 aromatic carbocycles. The van der Waals surface area contributed by atoms with Gasteiger partial charge in [0.05, 0.1) is 26.2 Å². The highest BCUT2D eigenvalue weighted by Gasteiger charge is 2.14. The highest BCUT2D eigenvalue weighted by molar-refractivity contribution is 8.16. The van der Waals surface area contributed by atoms with Crippen LogP contribution in [0.2, 0.25) is 0 Å². The summed E-state index contributed by atoms with van der Waals surface area (Å²) in [6, 6.07) is 0. The molecule has 188 valence electrons. The Morgan fingerprint density at radius 2 is 1.38 bits per heavy atom. The van der Waals surface area contributed by atoms with E-state index in [0.29, 0.717) is 12.9 Å². The van der Waals surface area contributed by atoms with Crippen LogP contribution >= 0.6 is 11.8 Å². The summed E-state index contributed by atoms with van der Waals surface area (Å²) in [6.45, 7) is 9.23. The van der Waals surface area contributed by atoms with E-state index in [1.165, 1.54) is 68.1 Å². The quantitative estimate of drug-likeness (QED) is 0.119. The van der Waals surface area contributed by atoms with Gasteiger partial charge in [0.25, 0.3) is 0 Å². The van der Waals surface area contributed by atoms with E-state index in [9.17, 15) is 14.4 Å². The maximum absolute atomic E-state index is 11.7. The lowest BCUT2D eigenvalue weighted by molar-refractivity contribution is -0.145. The number of carbonyl (C=O) groups excluding carboxylic acids is 3. The number of nitrogens with zero attached hydrogens (tertiary/aromatic N) is 1. The van der Waals surface area contributed by atoms with Gasteiger partial charge >= 0.3 is 5.97 Å². The molecule has 0 unspecified atom stereocenters. The molecule has 0 aromatic heterocycles. The van der Waals surface area contributed by atoms with E-state index in [2.05, 4.69) is 20.4 Å². The number of ether oxygens (including phenoxy) is 2. The lowest BCUT2D eigenvalue weighted by Gasteiger charge is -2.17. The van der Waals surface area contributed by atoms with Gasteiger partial charge in [-0.25, -0.2) is 0 Å². The second-order valence-electron chi connectivity index (χ2n) is 7.74. The van der Waals surface area contributed by atoms with Crippen molar-refractivity contribution in [1.82, 2.24) is 4.90 Å². The minimum atomic E-state index is -0.396. The van der Waals surface area contributed by atoms with Crippen molar-refractivity contribution in [1.29, 1.82) is 0 Å². The van der Waals surface area contributed by atoms with Crippen LogP contribution in [-0.4, -0.2) is 62.2 Å². The van der Waals surface area contributed by atoms with Crippen molar-refractivity contribution in [3.05, 3.63) is 12.0 Å².